The lowest BCUT2D eigenvalue weighted by atomic mass is 9.46. The van der Waals surface area contributed by atoms with Gasteiger partial charge < -0.3 is 5.11 Å². The van der Waals surface area contributed by atoms with Crippen molar-refractivity contribution in [3.05, 3.63) is 23.5 Å². The largest absolute Gasteiger partial charge is 0.508 e. The third kappa shape index (κ3) is 3.02. The van der Waals surface area contributed by atoms with Gasteiger partial charge in [-0.3, -0.25) is 4.79 Å². The summed E-state index contributed by atoms with van der Waals surface area (Å²) in [5.41, 5.74) is -1.72. The number of hydrogen-bond donors (Lipinski definition) is 1. The summed E-state index contributed by atoms with van der Waals surface area (Å²) >= 11 is 6.18. The van der Waals surface area contributed by atoms with Crippen molar-refractivity contribution < 1.29 is 14.3 Å². The zero-order valence-electron chi connectivity index (χ0n) is 18.6. The normalized spacial score (nSPS) is 45.3. The molecule has 4 aliphatic carbocycles. The number of halogens is 1. The molecule has 6 atom stereocenters. The van der Waals surface area contributed by atoms with Crippen LogP contribution in [0.15, 0.2) is 23.5 Å². The number of alkyl halides is 1. The summed E-state index contributed by atoms with van der Waals surface area (Å²) in [4.78, 5) is 13.1. The molecular formula is C24H35FO2S3. The number of hydrogen-bond acceptors (Lipinski definition) is 5. The van der Waals surface area contributed by atoms with Gasteiger partial charge in [0.1, 0.15) is 11.4 Å². The number of allylic oxidation sites excluding steroid dienone is 3. The van der Waals surface area contributed by atoms with Crippen LogP contribution >= 0.6 is 35.3 Å². The van der Waals surface area contributed by atoms with Crippen molar-refractivity contribution in [3.8, 4) is 0 Å². The van der Waals surface area contributed by atoms with E-state index in [1.807, 2.05) is 18.7 Å². The molecule has 0 aromatic heterocycles. The molecule has 0 saturated heterocycles. The van der Waals surface area contributed by atoms with Crippen LogP contribution in [-0.2, 0) is 4.79 Å². The van der Waals surface area contributed by atoms with Crippen molar-refractivity contribution >= 4 is 41.1 Å². The topological polar surface area (TPSA) is 37.3 Å². The van der Waals surface area contributed by atoms with Gasteiger partial charge >= 0.3 is 0 Å². The molecular weight excluding hydrogens is 435 g/mol. The minimum Gasteiger partial charge on any atom is -0.508 e. The average molecular weight is 471 g/mol. The van der Waals surface area contributed by atoms with Crippen molar-refractivity contribution in [2.75, 3.05) is 16.6 Å². The van der Waals surface area contributed by atoms with Crippen LogP contribution in [0, 0.1) is 22.7 Å². The molecule has 3 saturated carbocycles. The van der Waals surface area contributed by atoms with Crippen LogP contribution < -0.4 is 0 Å². The van der Waals surface area contributed by atoms with Gasteiger partial charge in [0.05, 0.1) is 9.49 Å². The Bertz CT molecular complexity index is 782. The zero-order valence-corrected chi connectivity index (χ0v) is 21.1. The van der Waals surface area contributed by atoms with E-state index in [0.29, 0.717) is 12.3 Å². The van der Waals surface area contributed by atoms with Crippen LogP contribution in [0.4, 0.5) is 4.39 Å². The highest BCUT2D eigenvalue weighted by atomic mass is 32.2. The van der Waals surface area contributed by atoms with E-state index < -0.39 is 11.1 Å². The van der Waals surface area contributed by atoms with E-state index in [1.165, 1.54) is 6.08 Å². The van der Waals surface area contributed by atoms with Crippen LogP contribution in [0.1, 0.15) is 66.2 Å². The number of rotatable bonds is 6. The standard InChI is InChI=1S/C24H35FO2S3/c1-5-28-15-30-24(29-6-2)10-9-18-19-8-7-16-13-17(26)14-20(27)22(16,4)23(19,25)12-11-21(18,24)3/h13-14,18-19,26H,5-12,15H2,1-4H3/t18-,19-,21-,22+,23+,24?/m0/s1. The summed E-state index contributed by atoms with van der Waals surface area (Å²) in [5.74, 6) is 2.21. The quantitative estimate of drug-likeness (QED) is 0.329. The molecule has 3 fully saturated rings. The van der Waals surface area contributed by atoms with Crippen LogP contribution in [0.3, 0.4) is 0 Å². The Balaban J connectivity index is 1.69. The molecule has 0 spiro atoms. The molecule has 168 valence electrons. The monoisotopic (exact) mass is 470 g/mol. The van der Waals surface area contributed by atoms with Gasteiger partial charge in [-0.1, -0.05) is 20.8 Å². The highest BCUT2D eigenvalue weighted by molar-refractivity contribution is 8.24. The van der Waals surface area contributed by atoms with Gasteiger partial charge in [0.15, 0.2) is 5.78 Å². The predicted molar refractivity (Wildman–Crippen MR) is 130 cm³/mol. The minimum atomic E-state index is -1.51. The highest BCUT2D eigenvalue weighted by Gasteiger charge is 2.71. The van der Waals surface area contributed by atoms with Crippen LogP contribution in [-0.4, -0.2) is 37.2 Å². The second-order valence-corrected chi connectivity index (χ2v) is 14.5. The second kappa shape index (κ2) is 8.06. The van der Waals surface area contributed by atoms with Crippen LogP contribution in [0.2, 0.25) is 0 Å². The number of ketones is 1. The number of aliphatic hydroxyl groups is 1. The van der Waals surface area contributed by atoms with Crippen molar-refractivity contribution in [2.45, 2.75) is 76.0 Å². The molecule has 1 unspecified atom stereocenters. The van der Waals surface area contributed by atoms with Crippen molar-refractivity contribution in [1.82, 2.24) is 0 Å². The first-order valence-electron chi connectivity index (χ1n) is 11.4. The fraction of sp³-hybridized carbons (Fsp3) is 0.792. The minimum absolute atomic E-state index is 0.0146. The Labute approximate surface area is 193 Å². The summed E-state index contributed by atoms with van der Waals surface area (Å²) in [6, 6.07) is 0. The maximum absolute atomic E-state index is 17.1. The molecule has 4 aliphatic rings. The Hall–Kier alpha value is -0.0700. The summed E-state index contributed by atoms with van der Waals surface area (Å²) < 4.78 is 17.2. The van der Waals surface area contributed by atoms with Gasteiger partial charge in [0.25, 0.3) is 0 Å². The molecule has 1 N–H and O–H groups in total. The number of carbonyl (C=O) groups is 1. The number of carbonyl (C=O) groups excluding carboxylic acids is 1. The summed E-state index contributed by atoms with van der Waals surface area (Å²) in [5, 5.41) is 11.1. The maximum Gasteiger partial charge on any atom is 0.172 e. The summed E-state index contributed by atoms with van der Waals surface area (Å²) in [6.07, 6.45) is 7.92. The van der Waals surface area contributed by atoms with Crippen LogP contribution in [0.25, 0.3) is 0 Å². The van der Waals surface area contributed by atoms with Crippen molar-refractivity contribution in [2.24, 2.45) is 22.7 Å². The van der Waals surface area contributed by atoms with E-state index in [-0.39, 0.29) is 27.0 Å². The molecule has 30 heavy (non-hydrogen) atoms. The van der Waals surface area contributed by atoms with Gasteiger partial charge in [-0.2, -0.15) is 11.8 Å². The SMILES string of the molecule is CCSCSC1(SCC)CC[C@H]2[C@@H]3CCC4=CC(O)=CC(=O)[C@]4(C)[C@@]3(F)CC[C@@]21C. The first-order chi connectivity index (χ1) is 14.2. The number of thioether (sulfide) groups is 3. The summed E-state index contributed by atoms with van der Waals surface area (Å²) in [6.45, 7) is 8.70. The lowest BCUT2D eigenvalue weighted by molar-refractivity contribution is -0.156. The molecule has 0 radical (unpaired) electrons. The smallest absolute Gasteiger partial charge is 0.172 e. The van der Waals surface area contributed by atoms with Crippen LogP contribution in [0.5, 0.6) is 0 Å². The van der Waals surface area contributed by atoms with Crippen molar-refractivity contribution in [1.29, 1.82) is 0 Å². The fourth-order valence-electron chi connectivity index (χ4n) is 7.13. The third-order valence-corrected chi connectivity index (χ3v) is 13.6. The Morgan fingerprint density at radius 3 is 2.53 bits per heavy atom. The first kappa shape index (κ1) is 23.1. The predicted octanol–water partition coefficient (Wildman–Crippen LogP) is 7.17. The third-order valence-electron chi connectivity index (χ3n) is 8.80. The second-order valence-electron chi connectivity index (χ2n) is 9.74. The van der Waals surface area contributed by atoms with Gasteiger partial charge in [-0.25, -0.2) is 4.39 Å². The molecule has 0 aromatic rings. The Kier molecular flexibility index (Phi) is 6.20. The fourth-order valence-corrected chi connectivity index (χ4v) is 12.2. The van der Waals surface area contributed by atoms with E-state index in [9.17, 15) is 9.90 Å². The maximum atomic E-state index is 17.1. The van der Waals surface area contributed by atoms with Gasteiger partial charge in [0.2, 0.25) is 0 Å². The lowest BCUT2D eigenvalue weighted by Gasteiger charge is -2.61. The van der Waals surface area contributed by atoms with E-state index in [1.54, 1.807) is 6.08 Å². The van der Waals surface area contributed by atoms with Gasteiger partial charge in [-0.15, -0.1) is 23.5 Å². The first-order valence-corrected chi connectivity index (χ1v) is 14.5. The molecule has 0 aliphatic heterocycles. The average Bonchev–Trinajstić information content (AvgIpc) is 2.97. The number of fused-ring (bicyclic) bond motifs is 5. The molecule has 2 nitrogen and oxygen atoms in total. The molecule has 0 amide bonds. The van der Waals surface area contributed by atoms with Gasteiger partial charge in [0, 0.05) is 11.2 Å². The van der Waals surface area contributed by atoms with Crippen molar-refractivity contribution in [3.63, 3.8) is 0 Å². The van der Waals surface area contributed by atoms with E-state index in [4.69, 9.17) is 0 Å². The van der Waals surface area contributed by atoms with Gasteiger partial charge in [-0.05, 0) is 85.9 Å². The molecule has 6 heteroatoms. The number of aliphatic hydroxyl groups excluding tert-OH is 1. The highest BCUT2D eigenvalue weighted by Crippen LogP contribution is 2.74. The van der Waals surface area contributed by atoms with E-state index >= 15 is 4.39 Å². The Morgan fingerprint density at radius 2 is 1.83 bits per heavy atom. The van der Waals surface area contributed by atoms with E-state index in [2.05, 4.69) is 44.3 Å². The molecule has 0 aromatic carbocycles. The molecule has 0 bridgehead atoms. The molecule has 0 heterocycles. The van der Waals surface area contributed by atoms with E-state index in [0.717, 1.165) is 54.3 Å². The summed E-state index contributed by atoms with van der Waals surface area (Å²) in [7, 11) is 0. The Morgan fingerprint density at radius 1 is 1.07 bits per heavy atom. The zero-order chi connectivity index (χ0) is 21.8. The lowest BCUT2D eigenvalue weighted by Crippen LogP contribution is -2.63. The molecule has 4 rings (SSSR count).